The number of pyridine rings is 1. The van der Waals surface area contributed by atoms with Crippen LogP contribution in [0.2, 0.25) is 0 Å². The molecule has 2 amide bonds. The van der Waals surface area contributed by atoms with Crippen LogP contribution in [-0.4, -0.2) is 33.5 Å². The van der Waals surface area contributed by atoms with Gasteiger partial charge in [0.2, 0.25) is 17.7 Å². The maximum Gasteiger partial charge on any atom is 0.227 e. The molecule has 0 saturated heterocycles. The first-order chi connectivity index (χ1) is 14.1. The Hall–Kier alpha value is -2.77. The van der Waals surface area contributed by atoms with Gasteiger partial charge in [-0.25, -0.2) is 0 Å². The average Bonchev–Trinajstić information content (AvgIpc) is 3.07. The van der Waals surface area contributed by atoms with Crippen LogP contribution in [0.5, 0.6) is 0 Å². The summed E-state index contributed by atoms with van der Waals surface area (Å²) in [6.07, 6.45) is 10.9. The van der Waals surface area contributed by atoms with Crippen LogP contribution in [0.25, 0.3) is 0 Å². The van der Waals surface area contributed by atoms with E-state index in [0.717, 1.165) is 50.5 Å². The lowest BCUT2D eigenvalue weighted by molar-refractivity contribution is -0.122. The van der Waals surface area contributed by atoms with E-state index in [4.69, 9.17) is 4.52 Å². The normalized spacial score (nSPS) is 16.0. The summed E-state index contributed by atoms with van der Waals surface area (Å²) in [5.41, 5.74) is 0.525. The van der Waals surface area contributed by atoms with Gasteiger partial charge in [-0.1, -0.05) is 36.9 Å². The third kappa shape index (κ3) is 6.10. The Morgan fingerprint density at radius 2 is 1.97 bits per heavy atom. The number of aryl methyl sites for hydroxylation is 1. The van der Waals surface area contributed by atoms with Crippen LogP contribution in [0.4, 0.5) is 0 Å². The van der Waals surface area contributed by atoms with Crippen LogP contribution < -0.4 is 10.6 Å². The van der Waals surface area contributed by atoms with Crippen molar-refractivity contribution in [3.05, 3.63) is 41.8 Å². The van der Waals surface area contributed by atoms with E-state index in [9.17, 15) is 9.59 Å². The Morgan fingerprint density at radius 3 is 2.66 bits per heavy atom. The number of nitrogens with zero attached hydrogens (tertiary/aromatic N) is 3. The van der Waals surface area contributed by atoms with Crippen molar-refractivity contribution in [2.45, 2.75) is 70.3 Å². The van der Waals surface area contributed by atoms with E-state index in [0.29, 0.717) is 24.7 Å². The van der Waals surface area contributed by atoms with E-state index >= 15 is 0 Å². The Labute approximate surface area is 170 Å². The zero-order chi connectivity index (χ0) is 20.5. The molecule has 2 aromatic rings. The van der Waals surface area contributed by atoms with Crippen LogP contribution in [0.1, 0.15) is 69.1 Å². The molecular weight excluding hydrogens is 370 g/mol. The van der Waals surface area contributed by atoms with Gasteiger partial charge in [-0.2, -0.15) is 4.98 Å². The second kappa shape index (κ2) is 10.1. The van der Waals surface area contributed by atoms with Crippen molar-refractivity contribution >= 4 is 11.8 Å². The standard InChI is InChI=1S/C21H29N5O3/c1-16(27)25-21(11-4-2-3-5-12-21)20-24-19(29-26-20)9-8-18(28)23-14-10-17-7-6-13-22-15-17/h6-7,13,15H,2-5,8-12,14H2,1H3,(H,23,28)(H,25,27). The second-order valence-corrected chi connectivity index (χ2v) is 7.65. The molecule has 0 aromatic carbocycles. The topological polar surface area (TPSA) is 110 Å². The molecule has 0 bridgehead atoms. The van der Waals surface area contributed by atoms with Crippen LogP contribution in [0, 0.1) is 0 Å². The number of aromatic nitrogens is 3. The van der Waals surface area contributed by atoms with Crippen LogP contribution >= 0.6 is 0 Å². The summed E-state index contributed by atoms with van der Waals surface area (Å²) in [6.45, 7) is 2.08. The highest BCUT2D eigenvalue weighted by atomic mass is 16.5. The molecule has 1 saturated carbocycles. The van der Waals surface area contributed by atoms with Crippen molar-refractivity contribution in [1.82, 2.24) is 25.8 Å². The first kappa shape index (κ1) is 21.0. The van der Waals surface area contributed by atoms with Gasteiger partial charge >= 0.3 is 0 Å². The molecule has 0 atom stereocenters. The number of hydrogen-bond acceptors (Lipinski definition) is 6. The van der Waals surface area contributed by atoms with Crippen molar-refractivity contribution in [2.75, 3.05) is 6.54 Å². The number of carbonyl (C=O) groups is 2. The molecule has 2 N–H and O–H groups in total. The van der Waals surface area contributed by atoms with Gasteiger partial charge in [0.25, 0.3) is 0 Å². The van der Waals surface area contributed by atoms with E-state index in [1.165, 1.54) is 6.92 Å². The summed E-state index contributed by atoms with van der Waals surface area (Å²) in [7, 11) is 0. The molecule has 0 aliphatic heterocycles. The lowest BCUT2D eigenvalue weighted by Gasteiger charge is -2.30. The molecule has 8 nitrogen and oxygen atoms in total. The Balaban J connectivity index is 1.52. The van der Waals surface area contributed by atoms with Gasteiger partial charge in [-0.05, 0) is 30.9 Å². The van der Waals surface area contributed by atoms with E-state index < -0.39 is 5.54 Å². The van der Waals surface area contributed by atoms with Gasteiger partial charge in [0.1, 0.15) is 5.54 Å². The van der Waals surface area contributed by atoms with Gasteiger partial charge in [0.05, 0.1) is 0 Å². The fourth-order valence-electron chi connectivity index (χ4n) is 3.83. The summed E-state index contributed by atoms with van der Waals surface area (Å²) < 4.78 is 5.39. The smallest absolute Gasteiger partial charge is 0.227 e. The number of amides is 2. The third-order valence-electron chi connectivity index (χ3n) is 5.29. The maximum absolute atomic E-state index is 12.1. The summed E-state index contributed by atoms with van der Waals surface area (Å²) in [4.78, 5) is 32.5. The van der Waals surface area contributed by atoms with Gasteiger partial charge < -0.3 is 15.2 Å². The van der Waals surface area contributed by atoms with Crippen molar-refractivity contribution < 1.29 is 14.1 Å². The highest BCUT2D eigenvalue weighted by Crippen LogP contribution is 2.34. The minimum Gasteiger partial charge on any atom is -0.356 e. The largest absolute Gasteiger partial charge is 0.356 e. The number of rotatable bonds is 8. The molecule has 0 radical (unpaired) electrons. The molecule has 29 heavy (non-hydrogen) atoms. The monoisotopic (exact) mass is 399 g/mol. The molecule has 2 heterocycles. The summed E-state index contributed by atoms with van der Waals surface area (Å²) in [5.74, 6) is 0.809. The van der Waals surface area contributed by atoms with Crippen LogP contribution in [0.15, 0.2) is 29.0 Å². The van der Waals surface area contributed by atoms with Crippen molar-refractivity contribution in [3.63, 3.8) is 0 Å². The predicted molar refractivity (Wildman–Crippen MR) is 107 cm³/mol. The first-order valence-corrected chi connectivity index (χ1v) is 10.3. The van der Waals surface area contributed by atoms with Crippen molar-refractivity contribution in [2.24, 2.45) is 0 Å². The predicted octanol–water partition coefficient (Wildman–Crippen LogP) is 2.44. The highest BCUT2D eigenvalue weighted by Gasteiger charge is 2.38. The molecule has 3 rings (SSSR count). The van der Waals surface area contributed by atoms with E-state index in [1.807, 2.05) is 12.1 Å². The fraction of sp³-hybridized carbons (Fsp3) is 0.571. The minimum absolute atomic E-state index is 0.0559. The molecule has 0 unspecified atom stereocenters. The molecular formula is C21H29N5O3. The average molecular weight is 399 g/mol. The van der Waals surface area contributed by atoms with E-state index in [2.05, 4.69) is 25.8 Å². The second-order valence-electron chi connectivity index (χ2n) is 7.65. The number of carbonyl (C=O) groups excluding carboxylic acids is 2. The van der Waals surface area contributed by atoms with Crippen LogP contribution in [-0.2, 0) is 28.0 Å². The molecule has 1 fully saturated rings. The Morgan fingerprint density at radius 1 is 1.17 bits per heavy atom. The Bertz CT molecular complexity index is 798. The minimum atomic E-state index is -0.559. The molecule has 1 aliphatic carbocycles. The zero-order valence-corrected chi connectivity index (χ0v) is 16.9. The van der Waals surface area contributed by atoms with Gasteiger partial charge in [0.15, 0.2) is 5.82 Å². The van der Waals surface area contributed by atoms with Gasteiger partial charge in [-0.15, -0.1) is 0 Å². The third-order valence-corrected chi connectivity index (χ3v) is 5.29. The number of nitrogens with one attached hydrogen (secondary N) is 2. The Kier molecular flexibility index (Phi) is 7.32. The van der Waals surface area contributed by atoms with Gasteiger partial charge in [-0.3, -0.25) is 14.6 Å². The lowest BCUT2D eigenvalue weighted by Crippen LogP contribution is -2.45. The highest BCUT2D eigenvalue weighted by molar-refractivity contribution is 5.76. The van der Waals surface area contributed by atoms with Crippen molar-refractivity contribution in [1.29, 1.82) is 0 Å². The molecule has 2 aromatic heterocycles. The van der Waals surface area contributed by atoms with Gasteiger partial charge in [0, 0.05) is 38.7 Å². The van der Waals surface area contributed by atoms with E-state index in [-0.39, 0.29) is 18.2 Å². The van der Waals surface area contributed by atoms with E-state index in [1.54, 1.807) is 12.4 Å². The van der Waals surface area contributed by atoms with Crippen LogP contribution in [0.3, 0.4) is 0 Å². The first-order valence-electron chi connectivity index (χ1n) is 10.3. The molecule has 1 aliphatic rings. The number of hydrogen-bond donors (Lipinski definition) is 2. The lowest BCUT2D eigenvalue weighted by atomic mass is 9.89. The molecule has 0 spiro atoms. The van der Waals surface area contributed by atoms with Crippen molar-refractivity contribution in [3.8, 4) is 0 Å². The SMILES string of the molecule is CC(=O)NC1(c2noc(CCC(=O)NCCc3cccnc3)n2)CCCCCC1. The quantitative estimate of drug-likeness (QED) is 0.660. The zero-order valence-electron chi connectivity index (χ0n) is 16.9. The molecule has 8 heteroatoms. The maximum atomic E-state index is 12.1. The summed E-state index contributed by atoms with van der Waals surface area (Å²) in [5, 5.41) is 10.1. The summed E-state index contributed by atoms with van der Waals surface area (Å²) >= 11 is 0. The fourth-order valence-corrected chi connectivity index (χ4v) is 3.83. The summed E-state index contributed by atoms with van der Waals surface area (Å²) in [6, 6.07) is 3.86. The molecule has 156 valence electrons.